The highest BCUT2D eigenvalue weighted by atomic mass is 16.6. The van der Waals surface area contributed by atoms with E-state index < -0.39 is 6.29 Å². The van der Waals surface area contributed by atoms with Crippen molar-refractivity contribution in [1.82, 2.24) is 0 Å². The first-order valence-corrected chi connectivity index (χ1v) is 5.71. The number of unbranched alkanes of at least 4 members (excludes halogenated alkanes) is 1. The molecule has 0 aliphatic carbocycles. The molecule has 0 heterocycles. The molecule has 0 saturated carbocycles. The first-order chi connectivity index (χ1) is 7.22. The van der Waals surface area contributed by atoms with E-state index in [0.29, 0.717) is 19.6 Å². The van der Waals surface area contributed by atoms with Gasteiger partial charge in [0.25, 0.3) is 0 Å². The normalized spacial score (nSPS) is 11.8. The van der Waals surface area contributed by atoms with Crippen LogP contribution in [0.25, 0.3) is 0 Å². The Hall–Kier alpha value is -0.160. The van der Waals surface area contributed by atoms with Crippen LogP contribution in [0.1, 0.15) is 40.0 Å². The molecule has 0 aromatic carbocycles. The predicted octanol–water partition coefficient (Wildman–Crippen LogP) is 1.55. The summed E-state index contributed by atoms with van der Waals surface area (Å²) in [5, 5.41) is 16.9. The van der Waals surface area contributed by atoms with E-state index in [-0.39, 0.29) is 6.61 Å². The summed E-state index contributed by atoms with van der Waals surface area (Å²) in [4.78, 5) is 0. The Labute approximate surface area is 93.2 Å². The molecular weight excluding hydrogens is 196 g/mol. The molecule has 0 radical (unpaired) electrons. The summed E-state index contributed by atoms with van der Waals surface area (Å²) in [5.74, 6) is 0. The van der Waals surface area contributed by atoms with Gasteiger partial charge in [0.15, 0.2) is 6.29 Å². The van der Waals surface area contributed by atoms with Crippen LogP contribution in [0.15, 0.2) is 0 Å². The van der Waals surface area contributed by atoms with E-state index in [1.54, 1.807) is 0 Å². The standard InChI is InChI=1S/C6H14O2.C5H12O2/c1-2-3-5-8-6-4-7;1-3-5(6)7-4-2/h7H,2-6H2,1H3;5-6H,3-4H2,1-2H3. The average Bonchev–Trinajstić information content (AvgIpc) is 2.26. The maximum Gasteiger partial charge on any atom is 0.154 e. The molecule has 4 heteroatoms. The van der Waals surface area contributed by atoms with Crippen molar-refractivity contribution in [2.75, 3.05) is 26.4 Å². The van der Waals surface area contributed by atoms with Crippen molar-refractivity contribution >= 4 is 0 Å². The number of hydrogen-bond acceptors (Lipinski definition) is 4. The van der Waals surface area contributed by atoms with E-state index in [1.807, 2.05) is 13.8 Å². The molecule has 0 saturated heterocycles. The minimum absolute atomic E-state index is 0.143. The average molecular weight is 222 g/mol. The fourth-order valence-electron chi connectivity index (χ4n) is 0.723. The van der Waals surface area contributed by atoms with Gasteiger partial charge in [-0.2, -0.15) is 0 Å². The van der Waals surface area contributed by atoms with Gasteiger partial charge in [-0.1, -0.05) is 20.3 Å². The van der Waals surface area contributed by atoms with Crippen LogP contribution < -0.4 is 0 Å². The molecule has 0 aromatic heterocycles. The Bertz CT molecular complexity index is 92.6. The van der Waals surface area contributed by atoms with Gasteiger partial charge >= 0.3 is 0 Å². The van der Waals surface area contributed by atoms with Crippen LogP contribution in [-0.2, 0) is 9.47 Å². The first-order valence-electron chi connectivity index (χ1n) is 5.71. The summed E-state index contributed by atoms with van der Waals surface area (Å²) < 4.78 is 9.72. The molecule has 0 fully saturated rings. The van der Waals surface area contributed by atoms with Crippen molar-refractivity contribution in [3.05, 3.63) is 0 Å². The Morgan fingerprint density at radius 2 is 1.80 bits per heavy atom. The SMILES string of the molecule is CCCCOCCO.CCOC(O)CC. The zero-order chi connectivity index (χ0) is 11.9. The molecule has 1 atom stereocenters. The summed E-state index contributed by atoms with van der Waals surface area (Å²) in [6.07, 6.45) is 2.38. The van der Waals surface area contributed by atoms with E-state index in [9.17, 15) is 0 Å². The lowest BCUT2D eigenvalue weighted by Crippen LogP contribution is -2.08. The fraction of sp³-hybridized carbons (Fsp3) is 1.00. The van der Waals surface area contributed by atoms with E-state index in [4.69, 9.17) is 19.7 Å². The minimum Gasteiger partial charge on any atom is -0.394 e. The molecule has 0 amide bonds. The molecule has 0 bridgehead atoms. The van der Waals surface area contributed by atoms with Gasteiger partial charge in [0.2, 0.25) is 0 Å². The van der Waals surface area contributed by atoms with Crippen molar-refractivity contribution in [3.63, 3.8) is 0 Å². The monoisotopic (exact) mass is 222 g/mol. The van der Waals surface area contributed by atoms with Gasteiger partial charge in [-0.25, -0.2) is 0 Å². The molecule has 94 valence electrons. The Kier molecular flexibility index (Phi) is 18.7. The highest BCUT2D eigenvalue weighted by molar-refractivity contribution is 4.31. The summed E-state index contributed by atoms with van der Waals surface area (Å²) in [5.41, 5.74) is 0. The summed E-state index contributed by atoms with van der Waals surface area (Å²) >= 11 is 0. The Balaban J connectivity index is 0. The molecule has 0 aliphatic heterocycles. The quantitative estimate of drug-likeness (QED) is 0.483. The van der Waals surface area contributed by atoms with Crippen molar-refractivity contribution in [3.8, 4) is 0 Å². The zero-order valence-electron chi connectivity index (χ0n) is 10.2. The number of rotatable bonds is 8. The Morgan fingerprint density at radius 3 is 2.13 bits per heavy atom. The smallest absolute Gasteiger partial charge is 0.154 e. The summed E-state index contributed by atoms with van der Waals surface area (Å²) in [6.45, 7) is 7.86. The second-order valence-corrected chi connectivity index (χ2v) is 3.01. The van der Waals surface area contributed by atoms with E-state index in [2.05, 4.69) is 6.92 Å². The van der Waals surface area contributed by atoms with Crippen molar-refractivity contribution in [2.45, 2.75) is 46.3 Å². The van der Waals surface area contributed by atoms with E-state index >= 15 is 0 Å². The van der Waals surface area contributed by atoms with Gasteiger partial charge in [-0.15, -0.1) is 0 Å². The van der Waals surface area contributed by atoms with Gasteiger partial charge in [0, 0.05) is 13.2 Å². The third kappa shape index (κ3) is 20.0. The van der Waals surface area contributed by atoms with Gasteiger partial charge in [-0.05, 0) is 19.8 Å². The number of ether oxygens (including phenoxy) is 2. The molecule has 2 N–H and O–H groups in total. The first kappa shape index (κ1) is 17.2. The topological polar surface area (TPSA) is 58.9 Å². The lowest BCUT2D eigenvalue weighted by molar-refractivity contribution is -0.0953. The van der Waals surface area contributed by atoms with Crippen LogP contribution >= 0.6 is 0 Å². The summed E-state index contributed by atoms with van der Waals surface area (Å²) in [6, 6.07) is 0. The van der Waals surface area contributed by atoms with Crippen LogP contribution in [0.3, 0.4) is 0 Å². The van der Waals surface area contributed by atoms with Crippen molar-refractivity contribution in [1.29, 1.82) is 0 Å². The molecule has 0 rings (SSSR count). The van der Waals surface area contributed by atoms with Crippen molar-refractivity contribution < 1.29 is 19.7 Å². The molecule has 0 aliphatic rings. The zero-order valence-corrected chi connectivity index (χ0v) is 10.2. The Morgan fingerprint density at radius 1 is 1.13 bits per heavy atom. The van der Waals surface area contributed by atoms with E-state index in [1.165, 1.54) is 0 Å². The van der Waals surface area contributed by atoms with Crippen molar-refractivity contribution in [2.24, 2.45) is 0 Å². The molecule has 0 aromatic rings. The minimum atomic E-state index is -0.551. The fourth-order valence-corrected chi connectivity index (χ4v) is 0.723. The highest BCUT2D eigenvalue weighted by Crippen LogP contribution is 1.89. The number of aliphatic hydroxyl groups is 2. The molecule has 0 spiro atoms. The van der Waals surface area contributed by atoms with Gasteiger partial charge in [0.05, 0.1) is 13.2 Å². The predicted molar refractivity (Wildman–Crippen MR) is 60.7 cm³/mol. The van der Waals surface area contributed by atoms with Crippen LogP contribution in [0.5, 0.6) is 0 Å². The van der Waals surface area contributed by atoms with Crippen LogP contribution in [0.4, 0.5) is 0 Å². The second kappa shape index (κ2) is 16.3. The second-order valence-electron chi connectivity index (χ2n) is 3.01. The summed E-state index contributed by atoms with van der Waals surface area (Å²) in [7, 11) is 0. The van der Waals surface area contributed by atoms with Gasteiger partial charge in [0.1, 0.15) is 0 Å². The van der Waals surface area contributed by atoms with Crippen LogP contribution in [0.2, 0.25) is 0 Å². The van der Waals surface area contributed by atoms with E-state index in [0.717, 1.165) is 19.4 Å². The van der Waals surface area contributed by atoms with Crippen LogP contribution in [0, 0.1) is 0 Å². The largest absolute Gasteiger partial charge is 0.394 e. The lowest BCUT2D eigenvalue weighted by atomic mass is 10.4. The lowest BCUT2D eigenvalue weighted by Gasteiger charge is -2.04. The number of hydrogen-bond donors (Lipinski definition) is 2. The van der Waals surface area contributed by atoms with Gasteiger partial charge < -0.3 is 19.7 Å². The highest BCUT2D eigenvalue weighted by Gasteiger charge is 1.93. The molecular formula is C11H26O4. The van der Waals surface area contributed by atoms with Crippen LogP contribution in [-0.4, -0.2) is 42.9 Å². The third-order valence-electron chi connectivity index (χ3n) is 1.59. The number of aliphatic hydroxyl groups excluding tert-OH is 2. The molecule has 4 nitrogen and oxygen atoms in total. The van der Waals surface area contributed by atoms with Gasteiger partial charge in [-0.3, -0.25) is 0 Å². The molecule has 15 heavy (non-hydrogen) atoms. The molecule has 1 unspecified atom stereocenters. The maximum atomic E-state index is 8.64. The third-order valence-corrected chi connectivity index (χ3v) is 1.59. The maximum absolute atomic E-state index is 8.64.